The SMILES string of the molecule is CCC(C(=O)Nc1ccccc1)C(C[N+](=O)[O-])C(F)(F)F. The van der Waals surface area contributed by atoms with Crippen LogP contribution in [-0.4, -0.2) is 23.6 Å². The van der Waals surface area contributed by atoms with Gasteiger partial charge in [-0.1, -0.05) is 25.1 Å². The van der Waals surface area contributed by atoms with Gasteiger partial charge in [-0.15, -0.1) is 0 Å². The maximum atomic E-state index is 12.9. The zero-order valence-electron chi connectivity index (χ0n) is 11.3. The van der Waals surface area contributed by atoms with Crippen LogP contribution < -0.4 is 5.32 Å². The predicted molar refractivity (Wildman–Crippen MR) is 70.3 cm³/mol. The Balaban J connectivity index is 2.92. The van der Waals surface area contributed by atoms with E-state index in [9.17, 15) is 28.1 Å². The quantitative estimate of drug-likeness (QED) is 0.648. The van der Waals surface area contributed by atoms with Gasteiger partial charge in [0.05, 0.1) is 5.92 Å². The van der Waals surface area contributed by atoms with E-state index < -0.39 is 35.4 Å². The zero-order valence-corrected chi connectivity index (χ0v) is 11.3. The molecule has 0 fully saturated rings. The fourth-order valence-electron chi connectivity index (χ4n) is 2.03. The minimum absolute atomic E-state index is 0.142. The van der Waals surface area contributed by atoms with Gasteiger partial charge in [0.1, 0.15) is 5.92 Å². The van der Waals surface area contributed by atoms with Crippen LogP contribution in [0.2, 0.25) is 0 Å². The molecule has 0 aliphatic rings. The van der Waals surface area contributed by atoms with Crippen LogP contribution in [0.4, 0.5) is 18.9 Å². The Labute approximate surface area is 119 Å². The van der Waals surface area contributed by atoms with Crippen molar-refractivity contribution in [3.63, 3.8) is 0 Å². The summed E-state index contributed by atoms with van der Waals surface area (Å²) in [5, 5.41) is 12.8. The average molecular weight is 304 g/mol. The molecule has 2 unspecified atom stereocenters. The van der Waals surface area contributed by atoms with Crippen molar-refractivity contribution in [2.75, 3.05) is 11.9 Å². The van der Waals surface area contributed by atoms with Crippen molar-refractivity contribution in [3.8, 4) is 0 Å². The Kier molecular flexibility index (Phi) is 5.69. The molecule has 2 atom stereocenters. The summed E-state index contributed by atoms with van der Waals surface area (Å²) in [6.07, 6.45) is -4.95. The van der Waals surface area contributed by atoms with Gasteiger partial charge in [-0.3, -0.25) is 14.9 Å². The number of halogens is 3. The van der Waals surface area contributed by atoms with E-state index in [2.05, 4.69) is 5.32 Å². The second kappa shape index (κ2) is 7.05. The van der Waals surface area contributed by atoms with Crippen molar-refractivity contribution in [3.05, 3.63) is 40.4 Å². The van der Waals surface area contributed by atoms with E-state index in [1.807, 2.05) is 0 Å². The van der Waals surface area contributed by atoms with Crippen molar-refractivity contribution in [1.82, 2.24) is 0 Å². The van der Waals surface area contributed by atoms with E-state index in [-0.39, 0.29) is 6.42 Å². The molecule has 5 nitrogen and oxygen atoms in total. The van der Waals surface area contributed by atoms with Crippen LogP contribution in [0.5, 0.6) is 0 Å². The van der Waals surface area contributed by atoms with E-state index in [1.54, 1.807) is 18.2 Å². The van der Waals surface area contributed by atoms with Crippen molar-refractivity contribution < 1.29 is 22.9 Å². The molecule has 0 aromatic heterocycles. The largest absolute Gasteiger partial charge is 0.398 e. The average Bonchev–Trinajstić information content (AvgIpc) is 2.38. The van der Waals surface area contributed by atoms with Gasteiger partial charge in [-0.2, -0.15) is 13.2 Å². The standard InChI is InChI=1S/C13H15F3N2O3/c1-2-10(11(8-18(20)21)13(14,15)16)12(19)17-9-6-4-3-5-7-9/h3-7,10-11H,2,8H2,1H3,(H,17,19). The van der Waals surface area contributed by atoms with Gasteiger partial charge in [0.15, 0.2) is 0 Å². The molecule has 0 aliphatic heterocycles. The second-order valence-electron chi connectivity index (χ2n) is 4.53. The van der Waals surface area contributed by atoms with E-state index >= 15 is 0 Å². The number of alkyl halides is 3. The molecule has 0 spiro atoms. The van der Waals surface area contributed by atoms with Crippen LogP contribution in [-0.2, 0) is 4.79 Å². The Bertz CT molecular complexity index is 491. The first-order valence-electron chi connectivity index (χ1n) is 6.30. The highest BCUT2D eigenvalue weighted by molar-refractivity contribution is 5.92. The van der Waals surface area contributed by atoms with Gasteiger partial charge >= 0.3 is 6.18 Å². The fraction of sp³-hybridized carbons (Fsp3) is 0.462. The van der Waals surface area contributed by atoms with Gasteiger partial charge in [-0.25, -0.2) is 0 Å². The third-order valence-corrected chi connectivity index (χ3v) is 3.07. The van der Waals surface area contributed by atoms with Crippen LogP contribution in [0.25, 0.3) is 0 Å². The van der Waals surface area contributed by atoms with Crippen LogP contribution >= 0.6 is 0 Å². The van der Waals surface area contributed by atoms with Crippen molar-refractivity contribution >= 4 is 11.6 Å². The number of carbonyl (C=O) groups is 1. The van der Waals surface area contributed by atoms with Crippen LogP contribution in [0.15, 0.2) is 30.3 Å². The summed E-state index contributed by atoms with van der Waals surface area (Å²) in [6.45, 7) is 0.0815. The molecular formula is C13H15F3N2O3. The first kappa shape index (κ1) is 16.9. The van der Waals surface area contributed by atoms with Gasteiger partial charge in [0, 0.05) is 10.6 Å². The van der Waals surface area contributed by atoms with E-state index in [1.165, 1.54) is 19.1 Å². The number of carbonyl (C=O) groups excluding carboxylic acids is 1. The van der Waals surface area contributed by atoms with Gasteiger partial charge in [0.2, 0.25) is 12.5 Å². The van der Waals surface area contributed by atoms with E-state index in [0.29, 0.717) is 5.69 Å². The molecule has 1 aromatic carbocycles. The molecule has 1 amide bonds. The lowest BCUT2D eigenvalue weighted by molar-refractivity contribution is -0.499. The molecule has 116 valence electrons. The number of nitrogens with one attached hydrogen (secondary N) is 1. The van der Waals surface area contributed by atoms with E-state index in [0.717, 1.165) is 0 Å². The zero-order chi connectivity index (χ0) is 16.0. The monoisotopic (exact) mass is 304 g/mol. The number of nitro groups is 1. The summed E-state index contributed by atoms with van der Waals surface area (Å²) in [4.78, 5) is 21.4. The molecule has 0 saturated carbocycles. The first-order chi connectivity index (χ1) is 9.75. The predicted octanol–water partition coefficient (Wildman–Crippen LogP) is 3.11. The van der Waals surface area contributed by atoms with Gasteiger partial charge < -0.3 is 5.32 Å². The molecule has 1 rings (SSSR count). The third-order valence-electron chi connectivity index (χ3n) is 3.07. The number of amides is 1. The Morgan fingerprint density at radius 2 is 1.90 bits per heavy atom. The third kappa shape index (κ3) is 5.05. The Morgan fingerprint density at radius 1 is 1.33 bits per heavy atom. The van der Waals surface area contributed by atoms with Crippen molar-refractivity contribution in [2.45, 2.75) is 19.5 Å². The Morgan fingerprint density at radius 3 is 2.33 bits per heavy atom. The summed E-state index contributed by atoms with van der Waals surface area (Å²) >= 11 is 0. The normalized spacial score (nSPS) is 14.3. The van der Waals surface area contributed by atoms with Crippen molar-refractivity contribution in [2.24, 2.45) is 11.8 Å². The maximum Gasteiger partial charge on any atom is 0.398 e. The number of hydrogen-bond donors (Lipinski definition) is 1. The smallest absolute Gasteiger partial charge is 0.326 e. The van der Waals surface area contributed by atoms with Gasteiger partial charge in [-0.05, 0) is 18.6 Å². The molecule has 21 heavy (non-hydrogen) atoms. The highest BCUT2D eigenvalue weighted by atomic mass is 19.4. The highest BCUT2D eigenvalue weighted by Crippen LogP contribution is 2.34. The summed E-state index contributed by atoms with van der Waals surface area (Å²) in [7, 11) is 0. The molecule has 8 heteroatoms. The topological polar surface area (TPSA) is 72.2 Å². The molecule has 0 radical (unpaired) electrons. The summed E-state index contributed by atoms with van der Waals surface area (Å²) < 4.78 is 38.8. The summed E-state index contributed by atoms with van der Waals surface area (Å²) in [6, 6.07) is 7.99. The van der Waals surface area contributed by atoms with Crippen LogP contribution in [0.3, 0.4) is 0 Å². The number of benzene rings is 1. The summed E-state index contributed by atoms with van der Waals surface area (Å²) in [5.74, 6) is -4.68. The fourth-order valence-corrected chi connectivity index (χ4v) is 2.03. The molecule has 1 N–H and O–H groups in total. The minimum atomic E-state index is -4.80. The number of nitrogens with zero attached hydrogens (tertiary/aromatic N) is 1. The summed E-state index contributed by atoms with van der Waals surface area (Å²) in [5.41, 5.74) is 0.350. The molecule has 0 saturated heterocycles. The molecule has 0 bridgehead atoms. The van der Waals surface area contributed by atoms with Gasteiger partial charge in [0.25, 0.3) is 0 Å². The Hall–Kier alpha value is -2.12. The molecule has 0 heterocycles. The lowest BCUT2D eigenvalue weighted by Gasteiger charge is -2.24. The van der Waals surface area contributed by atoms with Crippen LogP contribution in [0, 0.1) is 22.0 Å². The molecule has 1 aromatic rings. The maximum absolute atomic E-state index is 12.9. The van der Waals surface area contributed by atoms with Crippen molar-refractivity contribution in [1.29, 1.82) is 0 Å². The lowest BCUT2D eigenvalue weighted by atomic mass is 9.88. The minimum Gasteiger partial charge on any atom is -0.326 e. The second-order valence-corrected chi connectivity index (χ2v) is 4.53. The first-order valence-corrected chi connectivity index (χ1v) is 6.30. The number of rotatable bonds is 6. The number of hydrogen-bond acceptors (Lipinski definition) is 3. The number of para-hydroxylation sites is 1. The van der Waals surface area contributed by atoms with E-state index in [4.69, 9.17) is 0 Å². The molecule has 0 aliphatic carbocycles. The number of anilines is 1. The molecular weight excluding hydrogens is 289 g/mol. The highest BCUT2D eigenvalue weighted by Gasteiger charge is 2.49. The lowest BCUT2D eigenvalue weighted by Crippen LogP contribution is -2.41. The van der Waals surface area contributed by atoms with Crippen LogP contribution in [0.1, 0.15) is 13.3 Å².